The maximum Gasteiger partial charge on any atom is 0.449 e. The summed E-state index contributed by atoms with van der Waals surface area (Å²) in [5.41, 5.74) is 0. The Bertz CT molecular complexity index is 204. The van der Waals surface area contributed by atoms with E-state index in [0.717, 1.165) is 0 Å². The van der Waals surface area contributed by atoms with Crippen LogP contribution in [0.2, 0.25) is 0 Å². The third-order valence-corrected chi connectivity index (χ3v) is 1.16. The van der Waals surface area contributed by atoms with Gasteiger partial charge in [0.1, 0.15) is 0 Å². The smallest absolute Gasteiger partial charge is 0.264 e. The molecule has 0 bridgehead atoms. The number of nitrogens with zero attached hydrogens (tertiary/aromatic N) is 2. The Morgan fingerprint density at radius 2 is 1.57 bits per heavy atom. The molecule has 0 aliphatic heterocycles. The molecule has 14 heavy (non-hydrogen) atoms. The fourth-order valence-corrected chi connectivity index (χ4v) is 0.318. The quantitative estimate of drug-likeness (QED) is 0.338. The lowest BCUT2D eigenvalue weighted by molar-refractivity contribution is -0.491. The zero-order chi connectivity index (χ0) is 11.9. The van der Waals surface area contributed by atoms with Gasteiger partial charge in [-0.25, -0.2) is 0 Å². The molecule has 84 valence electrons. The second kappa shape index (κ2) is 7.28. The minimum atomic E-state index is -2.36. The second-order valence-electron chi connectivity index (χ2n) is 2.02. The van der Waals surface area contributed by atoms with Crippen molar-refractivity contribution >= 4 is 46.4 Å². The first-order valence-electron chi connectivity index (χ1n) is 3.04. The van der Waals surface area contributed by atoms with Gasteiger partial charge in [-0.3, -0.25) is 20.2 Å². The maximum atomic E-state index is 9.53. The molecule has 0 radical (unpaired) electrons. The van der Waals surface area contributed by atoms with Crippen LogP contribution in [-0.4, -0.2) is 25.7 Å². The lowest BCUT2D eigenvalue weighted by atomic mass is 10.5. The van der Waals surface area contributed by atoms with Crippen LogP contribution in [0.3, 0.4) is 0 Å². The largest absolute Gasteiger partial charge is 0.449 e. The van der Waals surface area contributed by atoms with Crippen LogP contribution in [0.4, 0.5) is 0 Å². The number of rotatable bonds is 2. The molecular formula is C4H6Cl4N2O4. The number of hydrogen-bond acceptors (Lipinski definition) is 4. The minimum absolute atomic E-state index is 0.151. The molecule has 6 nitrogen and oxygen atoms in total. The molecule has 0 aromatic rings. The molecule has 0 saturated carbocycles. The first-order chi connectivity index (χ1) is 6.07. The molecule has 0 rings (SSSR count). The summed E-state index contributed by atoms with van der Waals surface area (Å²) in [5, 5.41) is 18.6. The van der Waals surface area contributed by atoms with Gasteiger partial charge >= 0.3 is 3.92 Å². The molecule has 0 amide bonds. The van der Waals surface area contributed by atoms with Crippen molar-refractivity contribution in [2.24, 2.45) is 0 Å². The predicted molar refractivity (Wildman–Crippen MR) is 54.5 cm³/mol. The van der Waals surface area contributed by atoms with Crippen molar-refractivity contribution in [2.75, 3.05) is 6.54 Å². The first kappa shape index (κ1) is 16.4. The van der Waals surface area contributed by atoms with Crippen molar-refractivity contribution in [2.45, 2.75) is 16.2 Å². The standard InChI is InChI=1S/C3H6ClNO2.CCl3NO2/c1-3(4)2-5(6)7;2-1(3,4)5(6)7/h3H,2H2,1H3;. The molecule has 0 fully saturated rings. The van der Waals surface area contributed by atoms with Crippen LogP contribution in [0.1, 0.15) is 6.92 Å². The SMILES string of the molecule is CC(Cl)C[N+](=O)[O-].O=[N+]([O-])C(Cl)(Cl)Cl. The van der Waals surface area contributed by atoms with E-state index in [1.54, 1.807) is 6.92 Å². The highest BCUT2D eigenvalue weighted by Crippen LogP contribution is 2.25. The molecule has 0 heterocycles. The van der Waals surface area contributed by atoms with Gasteiger partial charge in [-0.1, -0.05) is 0 Å². The van der Waals surface area contributed by atoms with E-state index < -0.39 is 13.8 Å². The van der Waals surface area contributed by atoms with Crippen LogP contribution < -0.4 is 0 Å². The van der Waals surface area contributed by atoms with Crippen molar-refractivity contribution in [1.29, 1.82) is 0 Å². The zero-order valence-corrected chi connectivity index (χ0v) is 9.85. The third kappa shape index (κ3) is 14.5. The molecule has 10 heteroatoms. The lowest BCUT2D eigenvalue weighted by Crippen LogP contribution is -2.15. The Balaban J connectivity index is 0. The fraction of sp³-hybridized carbons (Fsp3) is 1.00. The van der Waals surface area contributed by atoms with Gasteiger partial charge in [-0.2, -0.15) is 0 Å². The van der Waals surface area contributed by atoms with E-state index >= 15 is 0 Å². The molecule has 0 spiro atoms. The summed E-state index contributed by atoms with van der Waals surface area (Å²) in [7, 11) is 0. The highest BCUT2D eigenvalue weighted by atomic mass is 35.6. The molecule has 1 atom stereocenters. The predicted octanol–water partition coefficient (Wildman–Crippen LogP) is 2.48. The Kier molecular flexibility index (Phi) is 8.52. The van der Waals surface area contributed by atoms with Crippen LogP contribution in [0.5, 0.6) is 0 Å². The molecule has 1 unspecified atom stereocenters. The monoisotopic (exact) mass is 286 g/mol. The van der Waals surface area contributed by atoms with Crippen LogP contribution in [-0.2, 0) is 0 Å². The number of halogens is 4. The summed E-state index contributed by atoms with van der Waals surface area (Å²) in [4.78, 5) is 17.5. The Hall–Kier alpha value is -0.0400. The molecule has 0 aromatic heterocycles. The highest BCUT2D eigenvalue weighted by Gasteiger charge is 2.33. The van der Waals surface area contributed by atoms with Gasteiger partial charge in [0.25, 0.3) is 0 Å². The third-order valence-electron chi connectivity index (χ3n) is 0.608. The van der Waals surface area contributed by atoms with Crippen LogP contribution in [0, 0.1) is 20.2 Å². The number of nitro groups is 2. The summed E-state index contributed by atoms with van der Waals surface area (Å²) in [6.07, 6.45) is 0. The van der Waals surface area contributed by atoms with E-state index in [0.29, 0.717) is 0 Å². The fourth-order valence-electron chi connectivity index (χ4n) is 0.205. The summed E-state index contributed by atoms with van der Waals surface area (Å²) in [6, 6.07) is 0. The van der Waals surface area contributed by atoms with E-state index in [2.05, 4.69) is 0 Å². The van der Waals surface area contributed by atoms with Crippen molar-refractivity contribution < 1.29 is 9.85 Å². The topological polar surface area (TPSA) is 86.3 Å². The summed E-state index contributed by atoms with van der Waals surface area (Å²) in [6.45, 7) is 1.44. The second-order valence-corrected chi connectivity index (χ2v) is 4.99. The lowest BCUT2D eigenvalue weighted by Gasteiger charge is -1.96. The maximum absolute atomic E-state index is 9.53. The van der Waals surface area contributed by atoms with Gasteiger partial charge < -0.3 is 0 Å². The van der Waals surface area contributed by atoms with Crippen LogP contribution in [0.15, 0.2) is 0 Å². The Morgan fingerprint density at radius 3 is 1.57 bits per heavy atom. The molecule has 0 aliphatic rings. The zero-order valence-electron chi connectivity index (χ0n) is 6.82. The minimum Gasteiger partial charge on any atom is -0.264 e. The number of hydrogen-bond donors (Lipinski definition) is 0. The number of alkyl halides is 4. The summed E-state index contributed by atoms with van der Waals surface area (Å²) in [5.74, 6) is 0. The van der Waals surface area contributed by atoms with Crippen molar-refractivity contribution in [3.63, 3.8) is 0 Å². The van der Waals surface area contributed by atoms with Gasteiger partial charge in [0.2, 0.25) is 6.54 Å². The van der Waals surface area contributed by atoms with Gasteiger partial charge in [-0.15, -0.1) is 11.6 Å². The van der Waals surface area contributed by atoms with E-state index in [4.69, 9.17) is 46.4 Å². The van der Waals surface area contributed by atoms with Gasteiger partial charge in [0, 0.05) is 4.92 Å². The molecular weight excluding hydrogens is 282 g/mol. The average molecular weight is 288 g/mol. The van der Waals surface area contributed by atoms with E-state index in [1.165, 1.54) is 0 Å². The molecule has 0 aliphatic carbocycles. The molecule has 0 N–H and O–H groups in total. The summed E-state index contributed by atoms with van der Waals surface area (Å²) < 4.78 is -2.36. The first-order valence-corrected chi connectivity index (χ1v) is 4.61. The van der Waals surface area contributed by atoms with E-state index in [-0.39, 0.29) is 11.9 Å². The van der Waals surface area contributed by atoms with Crippen molar-refractivity contribution in [3.8, 4) is 0 Å². The average Bonchev–Trinajstić information content (AvgIpc) is 1.81. The van der Waals surface area contributed by atoms with Gasteiger partial charge in [0.05, 0.1) is 10.3 Å². The van der Waals surface area contributed by atoms with E-state index in [9.17, 15) is 20.2 Å². The summed E-state index contributed by atoms with van der Waals surface area (Å²) >= 11 is 19.3. The molecule has 0 saturated heterocycles. The van der Waals surface area contributed by atoms with Crippen molar-refractivity contribution in [1.82, 2.24) is 0 Å². The Morgan fingerprint density at radius 1 is 1.29 bits per heavy atom. The highest BCUT2D eigenvalue weighted by molar-refractivity contribution is 6.65. The van der Waals surface area contributed by atoms with Crippen molar-refractivity contribution in [3.05, 3.63) is 20.2 Å². The van der Waals surface area contributed by atoms with E-state index in [1.807, 2.05) is 0 Å². The molecule has 0 aromatic carbocycles. The Labute approximate surface area is 99.4 Å². The normalized spacial score (nSPS) is 12.4. The van der Waals surface area contributed by atoms with Crippen LogP contribution >= 0.6 is 46.4 Å². The van der Waals surface area contributed by atoms with Gasteiger partial charge in [-0.05, 0) is 41.7 Å². The van der Waals surface area contributed by atoms with Crippen LogP contribution in [0.25, 0.3) is 0 Å². The van der Waals surface area contributed by atoms with Gasteiger partial charge in [0.15, 0.2) is 0 Å².